The number of anilines is 1. The molecule has 0 radical (unpaired) electrons. The molecule has 1 aliphatic carbocycles. The molecule has 186 valence electrons. The van der Waals surface area contributed by atoms with Crippen molar-refractivity contribution in [1.29, 1.82) is 5.26 Å². The zero-order chi connectivity index (χ0) is 25.4. The number of carbonyl (C=O) groups is 1. The lowest BCUT2D eigenvalue weighted by atomic mass is 9.49. The number of piperidine rings is 1. The minimum Gasteiger partial charge on any atom is -0.487 e. The Hall–Kier alpha value is -2.89. The van der Waals surface area contributed by atoms with Gasteiger partial charge in [-0.05, 0) is 30.9 Å². The van der Waals surface area contributed by atoms with Crippen LogP contribution in [-0.4, -0.2) is 52.8 Å². The molecule has 2 aromatic rings. The van der Waals surface area contributed by atoms with Gasteiger partial charge in [0.1, 0.15) is 23.7 Å². The number of nitrogens with zero attached hydrogens (tertiary/aromatic N) is 4. The van der Waals surface area contributed by atoms with Gasteiger partial charge in [-0.3, -0.25) is 4.79 Å². The van der Waals surface area contributed by atoms with E-state index in [1.54, 1.807) is 12.3 Å². The quantitative estimate of drug-likeness (QED) is 0.623. The van der Waals surface area contributed by atoms with Crippen LogP contribution in [0.3, 0.4) is 0 Å². The Balaban J connectivity index is 1.40. The third kappa shape index (κ3) is 4.80. The van der Waals surface area contributed by atoms with E-state index in [0.29, 0.717) is 17.2 Å². The number of carbonyl (C=O) groups excluding carboxylic acids is 1. The first-order chi connectivity index (χ1) is 16.6. The van der Waals surface area contributed by atoms with Crippen molar-refractivity contribution in [3.63, 3.8) is 0 Å². The van der Waals surface area contributed by atoms with Crippen LogP contribution >= 0.6 is 11.6 Å². The van der Waals surface area contributed by atoms with E-state index < -0.39 is 0 Å². The van der Waals surface area contributed by atoms with Crippen molar-refractivity contribution >= 4 is 23.3 Å². The summed E-state index contributed by atoms with van der Waals surface area (Å²) in [5.74, 6) is 1.54. The van der Waals surface area contributed by atoms with Crippen molar-refractivity contribution in [3.8, 4) is 11.8 Å². The number of hydrogen-bond acceptors (Lipinski definition) is 7. The highest BCUT2D eigenvalue weighted by molar-refractivity contribution is 6.31. The number of nitriles is 1. The normalized spacial score (nSPS) is 23.2. The maximum atomic E-state index is 13.1. The molecule has 0 bridgehead atoms. The van der Waals surface area contributed by atoms with Gasteiger partial charge in [0, 0.05) is 48.8 Å². The average Bonchev–Trinajstić information content (AvgIpc) is 2.85. The summed E-state index contributed by atoms with van der Waals surface area (Å²) in [6, 6.07) is 7.11. The van der Waals surface area contributed by atoms with Crippen LogP contribution in [0.2, 0.25) is 5.02 Å². The summed E-state index contributed by atoms with van der Waals surface area (Å²) in [4.78, 5) is 23.9. The number of pyridine rings is 2. The van der Waals surface area contributed by atoms with E-state index >= 15 is 0 Å². The molecule has 35 heavy (non-hydrogen) atoms. The fourth-order valence-corrected chi connectivity index (χ4v) is 5.97. The van der Waals surface area contributed by atoms with Crippen molar-refractivity contribution < 1.29 is 14.6 Å². The summed E-state index contributed by atoms with van der Waals surface area (Å²) in [5.41, 5.74) is -0.0444. The number of amides is 1. The third-order valence-corrected chi connectivity index (χ3v) is 7.79. The maximum absolute atomic E-state index is 13.1. The standard InChI is InChI=1S/C26H32ClN5O3/c1-25(2)23(26(3,4)24(25)35-18-11-19(27)20(12-28)29-14-18)31-22(34)17-5-6-21(30-13-17)32-9-7-16(15-33)8-10-32/h5-6,11,13-14,16,23-24,33H,7-10,15H2,1-4H3,(H,31,34)/t23-,24-. The highest BCUT2D eigenvalue weighted by Crippen LogP contribution is 2.55. The summed E-state index contributed by atoms with van der Waals surface area (Å²) in [6.07, 6.45) is 4.82. The zero-order valence-corrected chi connectivity index (χ0v) is 21.3. The molecule has 0 atom stereocenters. The van der Waals surface area contributed by atoms with Crippen LogP contribution in [-0.2, 0) is 0 Å². The fourth-order valence-electron chi connectivity index (χ4n) is 5.77. The number of ether oxygens (including phenoxy) is 1. The van der Waals surface area contributed by atoms with Gasteiger partial charge in [-0.2, -0.15) is 5.26 Å². The van der Waals surface area contributed by atoms with Gasteiger partial charge < -0.3 is 20.1 Å². The number of hydrogen-bond donors (Lipinski definition) is 2. The van der Waals surface area contributed by atoms with Gasteiger partial charge >= 0.3 is 0 Å². The Bertz CT molecular complexity index is 1100. The van der Waals surface area contributed by atoms with Gasteiger partial charge in [0.05, 0.1) is 16.8 Å². The lowest BCUT2D eigenvalue weighted by Crippen LogP contribution is -2.74. The molecular weight excluding hydrogens is 466 g/mol. The van der Waals surface area contributed by atoms with Gasteiger partial charge in [0.15, 0.2) is 5.69 Å². The van der Waals surface area contributed by atoms with Crippen molar-refractivity contribution in [3.05, 3.63) is 46.9 Å². The van der Waals surface area contributed by atoms with E-state index in [0.717, 1.165) is 31.7 Å². The summed E-state index contributed by atoms with van der Waals surface area (Å²) in [6.45, 7) is 10.2. The van der Waals surface area contributed by atoms with Crippen LogP contribution in [0.25, 0.3) is 0 Å². The van der Waals surface area contributed by atoms with Crippen LogP contribution in [0.5, 0.6) is 5.75 Å². The van der Waals surface area contributed by atoms with Crippen LogP contribution < -0.4 is 15.0 Å². The second kappa shape index (κ2) is 9.63. The number of aliphatic hydroxyl groups is 1. The highest BCUT2D eigenvalue weighted by atomic mass is 35.5. The highest BCUT2D eigenvalue weighted by Gasteiger charge is 2.64. The summed E-state index contributed by atoms with van der Waals surface area (Å²) in [5, 5.41) is 21.8. The Morgan fingerprint density at radius 3 is 2.46 bits per heavy atom. The molecule has 0 spiro atoms. The molecular formula is C26H32ClN5O3. The van der Waals surface area contributed by atoms with E-state index in [-0.39, 0.29) is 46.2 Å². The van der Waals surface area contributed by atoms with E-state index in [1.165, 1.54) is 6.20 Å². The predicted molar refractivity (Wildman–Crippen MR) is 133 cm³/mol. The van der Waals surface area contributed by atoms with E-state index in [2.05, 4.69) is 47.9 Å². The molecule has 3 heterocycles. The first-order valence-corrected chi connectivity index (χ1v) is 12.3. The largest absolute Gasteiger partial charge is 0.487 e. The molecule has 2 fully saturated rings. The lowest BCUT2D eigenvalue weighted by Gasteiger charge is -2.63. The molecule has 1 aliphatic heterocycles. The second-order valence-corrected chi connectivity index (χ2v) is 11.1. The van der Waals surface area contributed by atoms with Gasteiger partial charge in [-0.1, -0.05) is 39.3 Å². The first kappa shape index (κ1) is 25.2. The zero-order valence-electron chi connectivity index (χ0n) is 20.6. The smallest absolute Gasteiger partial charge is 0.253 e. The topological polar surface area (TPSA) is 111 Å². The van der Waals surface area contributed by atoms with Gasteiger partial charge in [-0.25, -0.2) is 9.97 Å². The van der Waals surface area contributed by atoms with Crippen molar-refractivity contribution in [1.82, 2.24) is 15.3 Å². The Morgan fingerprint density at radius 2 is 1.91 bits per heavy atom. The summed E-state index contributed by atoms with van der Waals surface area (Å²) < 4.78 is 6.24. The van der Waals surface area contributed by atoms with Crippen LogP contribution in [0.15, 0.2) is 30.6 Å². The minimum absolute atomic E-state index is 0.133. The van der Waals surface area contributed by atoms with Crippen LogP contribution in [0.4, 0.5) is 5.82 Å². The fraction of sp³-hybridized carbons (Fsp3) is 0.538. The molecule has 1 saturated heterocycles. The summed E-state index contributed by atoms with van der Waals surface area (Å²) >= 11 is 6.11. The Labute approximate surface area is 211 Å². The van der Waals surface area contributed by atoms with E-state index in [1.807, 2.05) is 18.2 Å². The Morgan fingerprint density at radius 1 is 1.23 bits per heavy atom. The maximum Gasteiger partial charge on any atom is 0.253 e. The predicted octanol–water partition coefficient (Wildman–Crippen LogP) is 3.82. The summed E-state index contributed by atoms with van der Waals surface area (Å²) in [7, 11) is 0. The lowest BCUT2D eigenvalue weighted by molar-refractivity contribution is -0.164. The Kier molecular flexibility index (Phi) is 6.94. The number of aromatic nitrogens is 2. The molecule has 1 amide bonds. The SMILES string of the molecule is CC1(C)[C@H](NC(=O)c2ccc(N3CCC(CO)CC3)nc2)C(C)(C)[C@H]1Oc1cnc(C#N)c(Cl)c1. The van der Waals surface area contributed by atoms with Gasteiger partial charge in [0.25, 0.3) is 5.91 Å². The number of aliphatic hydroxyl groups excluding tert-OH is 1. The van der Waals surface area contributed by atoms with Crippen molar-refractivity contribution in [2.24, 2.45) is 16.7 Å². The van der Waals surface area contributed by atoms with E-state index in [4.69, 9.17) is 21.6 Å². The molecule has 0 aromatic carbocycles. The van der Waals surface area contributed by atoms with Crippen molar-refractivity contribution in [2.45, 2.75) is 52.7 Å². The molecule has 2 N–H and O–H groups in total. The molecule has 4 rings (SSSR count). The van der Waals surface area contributed by atoms with Crippen molar-refractivity contribution in [2.75, 3.05) is 24.6 Å². The molecule has 8 nitrogen and oxygen atoms in total. The molecule has 0 unspecified atom stereocenters. The van der Waals surface area contributed by atoms with Gasteiger partial charge in [-0.15, -0.1) is 0 Å². The molecule has 9 heteroatoms. The average molecular weight is 498 g/mol. The second-order valence-electron chi connectivity index (χ2n) is 10.7. The molecule has 2 aliphatic rings. The van der Waals surface area contributed by atoms with Crippen LogP contribution in [0.1, 0.15) is 56.6 Å². The van der Waals surface area contributed by atoms with Crippen LogP contribution in [0, 0.1) is 28.1 Å². The van der Waals surface area contributed by atoms with Gasteiger partial charge in [0.2, 0.25) is 0 Å². The number of rotatable bonds is 6. The number of nitrogens with one attached hydrogen (secondary N) is 1. The van der Waals surface area contributed by atoms with E-state index in [9.17, 15) is 9.90 Å². The third-order valence-electron chi connectivity index (χ3n) is 7.50. The first-order valence-electron chi connectivity index (χ1n) is 11.9. The molecule has 2 aromatic heterocycles. The minimum atomic E-state index is -0.357. The number of halogens is 1. The monoisotopic (exact) mass is 497 g/mol. The molecule has 1 saturated carbocycles.